The van der Waals surface area contributed by atoms with E-state index in [0.29, 0.717) is 0 Å². The van der Waals surface area contributed by atoms with Crippen molar-refractivity contribution in [3.8, 4) is 0 Å². The average molecular weight is 321 g/mol. The summed E-state index contributed by atoms with van der Waals surface area (Å²) in [6.07, 6.45) is 6.92. The maximum atomic E-state index is 2.49. The second kappa shape index (κ2) is 7.48. The molecule has 0 aromatic heterocycles. The number of hydrogen-bond acceptors (Lipinski definition) is 1. The number of rotatable bonds is 6. The molecular weight excluding hydrogens is 292 g/mol. The Kier molecular flexibility index (Phi) is 6.56. The van der Waals surface area contributed by atoms with E-state index in [4.69, 9.17) is 0 Å². The topological polar surface area (TPSA) is 0 Å². The molecule has 0 saturated heterocycles. The molecule has 20 heavy (non-hydrogen) atoms. The molecule has 110 valence electrons. The van der Waals surface area contributed by atoms with Crippen molar-refractivity contribution in [1.82, 2.24) is 0 Å². The van der Waals surface area contributed by atoms with Gasteiger partial charge in [0.2, 0.25) is 0 Å². The van der Waals surface area contributed by atoms with E-state index in [1.165, 1.54) is 4.90 Å². The third kappa shape index (κ3) is 6.29. The van der Waals surface area contributed by atoms with E-state index >= 15 is 0 Å². The Morgan fingerprint density at radius 2 is 1.40 bits per heavy atom. The molecule has 0 atom stereocenters. The Bertz CT molecular complexity index is 436. The summed E-state index contributed by atoms with van der Waals surface area (Å²) < 4.78 is 0. The van der Waals surface area contributed by atoms with Gasteiger partial charge < -0.3 is 0 Å². The molecule has 0 amide bonds. The zero-order valence-electron chi connectivity index (χ0n) is 13.7. The van der Waals surface area contributed by atoms with Crippen LogP contribution in [0.5, 0.6) is 0 Å². The van der Waals surface area contributed by atoms with Crippen molar-refractivity contribution in [2.24, 2.45) is 0 Å². The number of hydrogen-bond donors (Lipinski definition) is 0. The fourth-order valence-corrected chi connectivity index (χ4v) is 15.1. The lowest BCUT2D eigenvalue weighted by molar-refractivity contribution is 1.30. The SMILES string of the molecule is C[Si](C)(C)C(/C=C/C=C/Sc1ccccc1)[Si](C)(C)C. The van der Waals surface area contributed by atoms with Crippen LogP contribution in [0.25, 0.3) is 0 Å². The van der Waals surface area contributed by atoms with Gasteiger partial charge in [0.25, 0.3) is 0 Å². The van der Waals surface area contributed by atoms with Gasteiger partial charge in [0.05, 0.1) is 0 Å². The first-order chi connectivity index (χ1) is 9.21. The van der Waals surface area contributed by atoms with Crippen LogP contribution in [0.15, 0.2) is 58.9 Å². The first-order valence-corrected chi connectivity index (χ1v) is 15.3. The third-order valence-corrected chi connectivity index (χ3v) is 13.5. The van der Waals surface area contributed by atoms with Gasteiger partial charge in [-0.15, -0.1) is 0 Å². The van der Waals surface area contributed by atoms with Crippen LogP contribution in [-0.2, 0) is 0 Å². The Balaban J connectivity index is 2.62. The lowest BCUT2D eigenvalue weighted by Gasteiger charge is -2.36. The standard InChI is InChI=1S/C17H28SSi2/c1-19(2,3)17(20(4,5)6)14-10-11-15-18-16-12-8-7-9-13-16/h7-15,17H,1-6H3/b14-10+,15-11+. The zero-order valence-corrected chi connectivity index (χ0v) is 16.5. The van der Waals surface area contributed by atoms with Gasteiger partial charge in [-0.1, -0.05) is 87.5 Å². The minimum Gasteiger partial charge on any atom is -0.0981 e. The molecule has 1 aromatic rings. The van der Waals surface area contributed by atoms with Crippen LogP contribution in [0, 0.1) is 0 Å². The summed E-state index contributed by atoms with van der Waals surface area (Å²) in [5.41, 5.74) is 0. The molecule has 1 rings (SSSR count). The fourth-order valence-electron chi connectivity index (χ4n) is 2.71. The molecule has 0 heterocycles. The van der Waals surface area contributed by atoms with Gasteiger partial charge in [-0.3, -0.25) is 0 Å². The van der Waals surface area contributed by atoms with Gasteiger partial charge in [-0.2, -0.15) is 0 Å². The van der Waals surface area contributed by atoms with Crippen LogP contribution >= 0.6 is 11.8 Å². The fraction of sp³-hybridized carbons (Fsp3) is 0.412. The quantitative estimate of drug-likeness (QED) is 0.330. The number of benzene rings is 1. The minimum atomic E-state index is -1.11. The molecule has 0 unspecified atom stereocenters. The molecule has 0 N–H and O–H groups in total. The maximum Gasteiger partial charge on any atom is 0.0485 e. The molecular formula is C17H28SSi2. The Labute approximate surface area is 131 Å². The van der Waals surface area contributed by atoms with Crippen LogP contribution in [0.2, 0.25) is 44.4 Å². The monoisotopic (exact) mass is 320 g/mol. The lowest BCUT2D eigenvalue weighted by Crippen LogP contribution is -2.42. The summed E-state index contributed by atoms with van der Waals surface area (Å²) in [5.74, 6) is 0. The first kappa shape index (κ1) is 17.5. The highest BCUT2D eigenvalue weighted by atomic mass is 32.2. The van der Waals surface area contributed by atoms with Crippen LogP contribution < -0.4 is 0 Å². The Morgan fingerprint density at radius 1 is 0.850 bits per heavy atom. The van der Waals surface area contributed by atoms with Gasteiger partial charge in [-0.25, -0.2) is 0 Å². The summed E-state index contributed by atoms with van der Waals surface area (Å²) in [6.45, 7) is 14.9. The highest BCUT2D eigenvalue weighted by Crippen LogP contribution is 2.33. The van der Waals surface area contributed by atoms with E-state index in [1.807, 2.05) is 0 Å². The maximum absolute atomic E-state index is 2.49. The van der Waals surface area contributed by atoms with Gasteiger partial charge in [0, 0.05) is 21.0 Å². The van der Waals surface area contributed by atoms with E-state index in [1.54, 1.807) is 11.8 Å². The average Bonchev–Trinajstić information content (AvgIpc) is 2.31. The first-order valence-electron chi connectivity index (χ1n) is 7.26. The molecule has 0 nitrogen and oxygen atoms in total. The molecule has 0 aliphatic carbocycles. The van der Waals surface area contributed by atoms with E-state index in [0.717, 1.165) is 5.16 Å². The van der Waals surface area contributed by atoms with Crippen molar-refractivity contribution < 1.29 is 0 Å². The van der Waals surface area contributed by atoms with E-state index in [2.05, 4.69) is 93.3 Å². The largest absolute Gasteiger partial charge is 0.0981 e. The summed E-state index contributed by atoms with van der Waals surface area (Å²) >= 11 is 1.78. The number of allylic oxidation sites excluding steroid dienone is 3. The van der Waals surface area contributed by atoms with Crippen molar-refractivity contribution in [2.45, 2.75) is 49.3 Å². The molecule has 3 heteroatoms. The highest BCUT2D eigenvalue weighted by Gasteiger charge is 2.35. The van der Waals surface area contributed by atoms with Gasteiger partial charge in [0.1, 0.15) is 0 Å². The predicted octanol–water partition coefficient (Wildman–Crippen LogP) is 6.43. The van der Waals surface area contributed by atoms with Crippen LogP contribution in [0.4, 0.5) is 0 Å². The predicted molar refractivity (Wildman–Crippen MR) is 101 cm³/mol. The second-order valence-corrected chi connectivity index (χ2v) is 19.6. The molecule has 0 fully saturated rings. The normalized spacial score (nSPS) is 13.8. The van der Waals surface area contributed by atoms with E-state index in [-0.39, 0.29) is 0 Å². The molecule has 0 aliphatic rings. The molecule has 1 aromatic carbocycles. The molecule has 0 radical (unpaired) electrons. The minimum absolute atomic E-state index is 0.835. The second-order valence-electron chi connectivity index (χ2n) is 7.35. The van der Waals surface area contributed by atoms with Gasteiger partial charge in [-0.05, 0) is 22.7 Å². The molecule has 0 spiro atoms. The van der Waals surface area contributed by atoms with Crippen molar-refractivity contribution in [3.05, 3.63) is 54.0 Å². The van der Waals surface area contributed by atoms with Crippen LogP contribution in [-0.4, -0.2) is 16.1 Å². The van der Waals surface area contributed by atoms with Crippen molar-refractivity contribution in [2.75, 3.05) is 0 Å². The smallest absolute Gasteiger partial charge is 0.0485 e. The van der Waals surface area contributed by atoms with Crippen molar-refractivity contribution in [3.63, 3.8) is 0 Å². The van der Waals surface area contributed by atoms with Crippen molar-refractivity contribution >= 4 is 27.9 Å². The molecule has 0 bridgehead atoms. The molecule has 0 aliphatic heterocycles. The van der Waals surface area contributed by atoms with Crippen LogP contribution in [0.1, 0.15) is 0 Å². The summed E-state index contributed by atoms with van der Waals surface area (Å²) in [5, 5.41) is 3.01. The Morgan fingerprint density at radius 3 is 1.90 bits per heavy atom. The van der Waals surface area contributed by atoms with Gasteiger partial charge >= 0.3 is 0 Å². The third-order valence-electron chi connectivity index (χ3n) is 3.31. The van der Waals surface area contributed by atoms with Crippen molar-refractivity contribution in [1.29, 1.82) is 0 Å². The summed E-state index contributed by atoms with van der Waals surface area (Å²) in [6, 6.07) is 10.5. The van der Waals surface area contributed by atoms with E-state index < -0.39 is 16.1 Å². The summed E-state index contributed by atoms with van der Waals surface area (Å²) in [4.78, 5) is 1.30. The zero-order chi connectivity index (χ0) is 15.2. The highest BCUT2D eigenvalue weighted by molar-refractivity contribution is 8.02. The van der Waals surface area contributed by atoms with Crippen LogP contribution in [0.3, 0.4) is 0 Å². The summed E-state index contributed by atoms with van der Waals surface area (Å²) in [7, 11) is -2.22. The van der Waals surface area contributed by atoms with Gasteiger partial charge in [0.15, 0.2) is 0 Å². The Hall–Kier alpha value is -0.516. The molecule has 0 saturated carbocycles. The van der Waals surface area contributed by atoms with E-state index in [9.17, 15) is 0 Å². The lowest BCUT2D eigenvalue weighted by atomic mass is 10.4. The number of thioether (sulfide) groups is 1.